The summed E-state index contributed by atoms with van der Waals surface area (Å²) in [6.45, 7) is 8.95. The lowest BCUT2D eigenvalue weighted by Crippen LogP contribution is -2.25. The first-order valence-electron chi connectivity index (χ1n) is 7.72. The van der Waals surface area contributed by atoms with Crippen molar-refractivity contribution in [3.8, 4) is 0 Å². The minimum atomic E-state index is -0.469. The fraction of sp³-hybridized carbons (Fsp3) is 0.647. The largest absolute Gasteiger partial charge is 0.310 e. The van der Waals surface area contributed by atoms with Crippen LogP contribution in [0.5, 0.6) is 0 Å². The molecule has 1 N–H and O–H groups in total. The van der Waals surface area contributed by atoms with E-state index in [1.54, 1.807) is 13.0 Å². The van der Waals surface area contributed by atoms with Crippen molar-refractivity contribution in [1.29, 1.82) is 0 Å². The summed E-state index contributed by atoms with van der Waals surface area (Å²) in [5.74, 6) is -0.343. The summed E-state index contributed by atoms with van der Waals surface area (Å²) in [7, 11) is 0. The second kappa shape index (κ2) is 8.35. The number of nitrogens with one attached hydrogen (secondary N) is 1. The molecule has 1 aromatic rings. The zero-order chi connectivity index (χ0) is 15.1. The smallest absolute Gasteiger partial charge is 0.130 e. The zero-order valence-electron chi connectivity index (χ0n) is 13.1. The van der Waals surface area contributed by atoms with Gasteiger partial charge in [0, 0.05) is 17.7 Å². The number of aryl methyl sites for hydroxylation is 1. The third-order valence-corrected chi connectivity index (χ3v) is 4.02. The molecule has 20 heavy (non-hydrogen) atoms. The van der Waals surface area contributed by atoms with Gasteiger partial charge in [0.25, 0.3) is 0 Å². The highest BCUT2D eigenvalue weighted by molar-refractivity contribution is 5.28. The lowest BCUT2D eigenvalue weighted by Gasteiger charge is -2.24. The van der Waals surface area contributed by atoms with Crippen LogP contribution in [-0.4, -0.2) is 6.54 Å². The molecule has 0 aliphatic heterocycles. The van der Waals surface area contributed by atoms with Crippen LogP contribution in [0, 0.1) is 24.5 Å². The molecule has 0 heterocycles. The quantitative estimate of drug-likeness (QED) is 0.696. The highest BCUT2D eigenvalue weighted by atomic mass is 19.1. The molecule has 1 atom stereocenters. The van der Waals surface area contributed by atoms with E-state index in [2.05, 4.69) is 26.1 Å². The maximum Gasteiger partial charge on any atom is 0.130 e. The second-order valence-electron chi connectivity index (χ2n) is 5.55. The molecule has 0 spiro atoms. The van der Waals surface area contributed by atoms with Crippen LogP contribution in [0.1, 0.15) is 63.6 Å². The van der Waals surface area contributed by atoms with E-state index in [0.29, 0.717) is 17.0 Å². The van der Waals surface area contributed by atoms with Crippen molar-refractivity contribution in [3.05, 3.63) is 34.9 Å². The van der Waals surface area contributed by atoms with Crippen molar-refractivity contribution in [2.45, 2.75) is 59.4 Å². The highest BCUT2D eigenvalue weighted by Crippen LogP contribution is 2.28. The Morgan fingerprint density at radius 1 is 1.05 bits per heavy atom. The van der Waals surface area contributed by atoms with Gasteiger partial charge in [-0.1, -0.05) is 33.6 Å². The Bertz CT molecular complexity index is 414. The van der Waals surface area contributed by atoms with Crippen molar-refractivity contribution in [1.82, 2.24) is 5.32 Å². The standard InChI is InChI=1S/C17H27F2N/c1-5-8-20-17(10-13(6-2)7-3)14-9-12(4)15(18)11-16(14)19/h9,11,13,17,20H,5-8,10H2,1-4H3. The first-order chi connectivity index (χ1) is 9.53. The number of rotatable bonds is 8. The van der Waals surface area contributed by atoms with E-state index >= 15 is 0 Å². The number of hydrogen-bond acceptors (Lipinski definition) is 1. The predicted molar refractivity (Wildman–Crippen MR) is 80.8 cm³/mol. The van der Waals surface area contributed by atoms with E-state index in [1.165, 1.54) is 0 Å². The number of benzene rings is 1. The molecule has 1 nitrogen and oxygen atoms in total. The van der Waals surface area contributed by atoms with E-state index in [1.807, 2.05) is 0 Å². The average Bonchev–Trinajstić information content (AvgIpc) is 2.44. The summed E-state index contributed by atoms with van der Waals surface area (Å²) in [5, 5.41) is 3.41. The number of halogens is 2. The van der Waals surface area contributed by atoms with Gasteiger partial charge in [-0.3, -0.25) is 0 Å². The summed E-state index contributed by atoms with van der Waals surface area (Å²) in [5.41, 5.74) is 1.11. The monoisotopic (exact) mass is 283 g/mol. The normalized spacial score (nSPS) is 12.9. The molecule has 0 saturated carbocycles. The minimum Gasteiger partial charge on any atom is -0.310 e. The Balaban J connectivity index is 3.00. The molecule has 1 unspecified atom stereocenters. The van der Waals surface area contributed by atoms with Gasteiger partial charge in [-0.05, 0) is 43.9 Å². The second-order valence-corrected chi connectivity index (χ2v) is 5.55. The number of hydrogen-bond donors (Lipinski definition) is 1. The molecule has 0 aliphatic carbocycles. The maximum atomic E-state index is 14.1. The van der Waals surface area contributed by atoms with Crippen molar-refractivity contribution in [2.24, 2.45) is 5.92 Å². The van der Waals surface area contributed by atoms with Gasteiger partial charge in [-0.25, -0.2) is 8.78 Å². The van der Waals surface area contributed by atoms with Gasteiger partial charge < -0.3 is 5.32 Å². The fourth-order valence-corrected chi connectivity index (χ4v) is 2.54. The van der Waals surface area contributed by atoms with Gasteiger partial charge in [-0.2, -0.15) is 0 Å². The Kier molecular flexibility index (Phi) is 7.14. The Hall–Kier alpha value is -0.960. The third kappa shape index (κ3) is 4.55. The van der Waals surface area contributed by atoms with Crippen molar-refractivity contribution < 1.29 is 8.78 Å². The average molecular weight is 283 g/mol. The lowest BCUT2D eigenvalue weighted by atomic mass is 9.90. The van der Waals surface area contributed by atoms with Gasteiger partial charge in [-0.15, -0.1) is 0 Å². The van der Waals surface area contributed by atoms with Crippen LogP contribution in [0.3, 0.4) is 0 Å². The SMILES string of the molecule is CCCNC(CC(CC)CC)c1cc(C)c(F)cc1F. The first-order valence-corrected chi connectivity index (χ1v) is 7.72. The highest BCUT2D eigenvalue weighted by Gasteiger charge is 2.20. The fourth-order valence-electron chi connectivity index (χ4n) is 2.54. The molecule has 3 heteroatoms. The maximum absolute atomic E-state index is 14.1. The molecule has 0 aromatic heterocycles. The van der Waals surface area contributed by atoms with E-state index in [4.69, 9.17) is 0 Å². The van der Waals surface area contributed by atoms with E-state index in [-0.39, 0.29) is 6.04 Å². The van der Waals surface area contributed by atoms with Gasteiger partial charge >= 0.3 is 0 Å². The molecule has 0 fully saturated rings. The van der Waals surface area contributed by atoms with E-state index in [0.717, 1.165) is 38.3 Å². The molecule has 114 valence electrons. The van der Waals surface area contributed by atoms with Crippen LogP contribution >= 0.6 is 0 Å². The van der Waals surface area contributed by atoms with Crippen LogP contribution < -0.4 is 5.32 Å². The van der Waals surface area contributed by atoms with Gasteiger partial charge in [0.05, 0.1) is 0 Å². The topological polar surface area (TPSA) is 12.0 Å². The molecule has 0 saturated heterocycles. The molecule has 0 radical (unpaired) electrons. The Morgan fingerprint density at radius 3 is 2.25 bits per heavy atom. The summed E-state index contributed by atoms with van der Waals surface area (Å²) < 4.78 is 27.5. The summed E-state index contributed by atoms with van der Waals surface area (Å²) in [4.78, 5) is 0. The summed E-state index contributed by atoms with van der Waals surface area (Å²) >= 11 is 0. The molecular weight excluding hydrogens is 256 g/mol. The van der Waals surface area contributed by atoms with Crippen LogP contribution in [0.4, 0.5) is 8.78 Å². The van der Waals surface area contributed by atoms with Crippen LogP contribution in [0.25, 0.3) is 0 Å². The van der Waals surface area contributed by atoms with Gasteiger partial charge in [0.2, 0.25) is 0 Å². The third-order valence-electron chi connectivity index (χ3n) is 4.02. The van der Waals surface area contributed by atoms with Crippen LogP contribution in [0.2, 0.25) is 0 Å². The zero-order valence-corrected chi connectivity index (χ0v) is 13.1. The van der Waals surface area contributed by atoms with E-state index in [9.17, 15) is 8.78 Å². The van der Waals surface area contributed by atoms with Crippen molar-refractivity contribution in [2.75, 3.05) is 6.54 Å². The lowest BCUT2D eigenvalue weighted by molar-refractivity contribution is 0.363. The minimum absolute atomic E-state index is 0.0286. The molecular formula is C17H27F2N. The molecule has 0 amide bonds. The van der Waals surface area contributed by atoms with Crippen LogP contribution in [0.15, 0.2) is 12.1 Å². The van der Waals surface area contributed by atoms with Crippen molar-refractivity contribution in [3.63, 3.8) is 0 Å². The Morgan fingerprint density at radius 2 is 1.70 bits per heavy atom. The van der Waals surface area contributed by atoms with Crippen molar-refractivity contribution >= 4 is 0 Å². The first kappa shape index (κ1) is 17.1. The molecule has 0 bridgehead atoms. The van der Waals surface area contributed by atoms with E-state index < -0.39 is 11.6 Å². The van der Waals surface area contributed by atoms with Crippen LogP contribution in [-0.2, 0) is 0 Å². The summed E-state index contributed by atoms with van der Waals surface area (Å²) in [6.07, 6.45) is 4.07. The summed E-state index contributed by atoms with van der Waals surface area (Å²) in [6, 6.07) is 2.64. The van der Waals surface area contributed by atoms with Gasteiger partial charge in [0.1, 0.15) is 11.6 Å². The molecule has 1 rings (SSSR count). The molecule has 1 aromatic carbocycles. The predicted octanol–water partition coefficient (Wildman–Crippen LogP) is 5.14. The Labute approximate surface area is 121 Å². The van der Waals surface area contributed by atoms with Gasteiger partial charge in [0.15, 0.2) is 0 Å². The molecule has 0 aliphatic rings.